The molecule has 0 radical (unpaired) electrons. The van der Waals surface area contributed by atoms with Gasteiger partial charge in [0.1, 0.15) is 0 Å². The minimum absolute atomic E-state index is 0.0858. The SMILES string of the molecule is CCOC(=O)CCCNCC(C)(O)C(=O)OC. The highest BCUT2D eigenvalue weighted by Crippen LogP contribution is 2.03. The van der Waals surface area contributed by atoms with Gasteiger partial charge in [-0.05, 0) is 26.8 Å². The van der Waals surface area contributed by atoms with E-state index in [4.69, 9.17) is 4.74 Å². The van der Waals surface area contributed by atoms with Crippen LogP contribution in [0.25, 0.3) is 0 Å². The maximum Gasteiger partial charge on any atom is 0.338 e. The van der Waals surface area contributed by atoms with Crippen LogP contribution in [0, 0.1) is 0 Å². The second-order valence-electron chi connectivity index (χ2n) is 3.85. The van der Waals surface area contributed by atoms with Crippen LogP contribution in [-0.2, 0) is 19.1 Å². The van der Waals surface area contributed by atoms with Crippen LogP contribution in [0.2, 0.25) is 0 Å². The molecule has 1 atom stereocenters. The smallest absolute Gasteiger partial charge is 0.338 e. The molecule has 0 aromatic heterocycles. The summed E-state index contributed by atoms with van der Waals surface area (Å²) in [6.07, 6.45) is 0.914. The molecule has 0 aliphatic carbocycles. The quantitative estimate of drug-likeness (QED) is 0.458. The molecule has 0 aromatic carbocycles. The molecule has 0 spiro atoms. The number of methoxy groups -OCH3 is 1. The fourth-order valence-electron chi connectivity index (χ4n) is 1.21. The maximum absolute atomic E-state index is 11.1. The zero-order valence-corrected chi connectivity index (χ0v) is 10.6. The highest BCUT2D eigenvalue weighted by Gasteiger charge is 2.30. The Labute approximate surface area is 101 Å². The topological polar surface area (TPSA) is 84.9 Å². The zero-order chi connectivity index (χ0) is 13.3. The van der Waals surface area contributed by atoms with Crippen molar-refractivity contribution < 1.29 is 24.2 Å². The standard InChI is InChI=1S/C11H21NO5/c1-4-17-9(13)6-5-7-12-8-11(2,15)10(14)16-3/h12,15H,4-8H2,1-3H3. The molecule has 6 nitrogen and oxygen atoms in total. The van der Waals surface area contributed by atoms with Crippen LogP contribution in [-0.4, -0.2) is 49.5 Å². The first-order valence-electron chi connectivity index (χ1n) is 5.61. The molecule has 0 aliphatic rings. The van der Waals surface area contributed by atoms with Crippen LogP contribution in [0.1, 0.15) is 26.7 Å². The van der Waals surface area contributed by atoms with Gasteiger partial charge in [-0.2, -0.15) is 0 Å². The van der Waals surface area contributed by atoms with Crippen LogP contribution < -0.4 is 5.32 Å². The van der Waals surface area contributed by atoms with Gasteiger partial charge < -0.3 is 19.9 Å². The van der Waals surface area contributed by atoms with Crippen molar-refractivity contribution in [2.45, 2.75) is 32.3 Å². The van der Waals surface area contributed by atoms with Crippen LogP contribution >= 0.6 is 0 Å². The van der Waals surface area contributed by atoms with Gasteiger partial charge in [0.15, 0.2) is 5.60 Å². The number of hydrogen-bond acceptors (Lipinski definition) is 6. The summed E-state index contributed by atoms with van der Waals surface area (Å²) in [4.78, 5) is 22.1. The summed E-state index contributed by atoms with van der Waals surface area (Å²) < 4.78 is 9.19. The fourth-order valence-corrected chi connectivity index (χ4v) is 1.21. The summed E-state index contributed by atoms with van der Waals surface area (Å²) in [6.45, 7) is 4.11. The molecule has 0 saturated heterocycles. The lowest BCUT2D eigenvalue weighted by molar-refractivity contribution is -0.160. The zero-order valence-electron chi connectivity index (χ0n) is 10.6. The van der Waals surface area contributed by atoms with Crippen molar-refractivity contribution in [3.05, 3.63) is 0 Å². The average Bonchev–Trinajstić information content (AvgIpc) is 2.27. The van der Waals surface area contributed by atoms with E-state index in [1.54, 1.807) is 6.92 Å². The van der Waals surface area contributed by atoms with Crippen molar-refractivity contribution in [2.75, 3.05) is 26.8 Å². The summed E-state index contributed by atoms with van der Waals surface area (Å²) in [5.74, 6) is -0.926. The van der Waals surface area contributed by atoms with E-state index in [-0.39, 0.29) is 12.5 Å². The highest BCUT2D eigenvalue weighted by atomic mass is 16.5. The molecular formula is C11H21NO5. The van der Waals surface area contributed by atoms with Gasteiger partial charge in [0.2, 0.25) is 0 Å². The van der Waals surface area contributed by atoms with Gasteiger partial charge in [-0.1, -0.05) is 0 Å². The predicted molar refractivity (Wildman–Crippen MR) is 61.4 cm³/mol. The third kappa shape index (κ3) is 6.91. The first-order valence-corrected chi connectivity index (χ1v) is 5.61. The van der Waals surface area contributed by atoms with E-state index in [9.17, 15) is 14.7 Å². The first-order chi connectivity index (χ1) is 7.94. The number of rotatable bonds is 8. The Morgan fingerprint density at radius 3 is 2.59 bits per heavy atom. The van der Waals surface area contributed by atoms with E-state index in [1.165, 1.54) is 14.0 Å². The van der Waals surface area contributed by atoms with Crippen LogP contribution in [0.3, 0.4) is 0 Å². The fraction of sp³-hybridized carbons (Fsp3) is 0.818. The van der Waals surface area contributed by atoms with Crippen molar-refractivity contribution in [3.63, 3.8) is 0 Å². The number of hydrogen-bond donors (Lipinski definition) is 2. The molecule has 0 fully saturated rings. The van der Waals surface area contributed by atoms with E-state index in [0.29, 0.717) is 26.0 Å². The molecule has 2 N–H and O–H groups in total. The Balaban J connectivity index is 3.64. The summed E-state index contributed by atoms with van der Waals surface area (Å²) in [7, 11) is 1.22. The Morgan fingerprint density at radius 2 is 2.06 bits per heavy atom. The van der Waals surface area contributed by atoms with E-state index in [1.807, 2.05) is 0 Å². The van der Waals surface area contributed by atoms with Crippen molar-refractivity contribution in [1.29, 1.82) is 0 Å². The second kappa shape index (κ2) is 8.03. The van der Waals surface area contributed by atoms with Crippen molar-refractivity contribution in [2.24, 2.45) is 0 Å². The number of ether oxygens (including phenoxy) is 2. The van der Waals surface area contributed by atoms with Crippen molar-refractivity contribution in [1.82, 2.24) is 5.32 Å². The normalized spacial score (nSPS) is 13.9. The number of nitrogens with one attached hydrogen (secondary N) is 1. The van der Waals surface area contributed by atoms with Crippen molar-refractivity contribution in [3.8, 4) is 0 Å². The van der Waals surface area contributed by atoms with Gasteiger partial charge in [-0.3, -0.25) is 4.79 Å². The minimum atomic E-state index is -1.54. The Kier molecular flexibility index (Phi) is 7.49. The van der Waals surface area contributed by atoms with Gasteiger partial charge in [-0.25, -0.2) is 4.79 Å². The summed E-state index contributed by atoms with van der Waals surface area (Å²) in [5, 5.41) is 12.5. The summed E-state index contributed by atoms with van der Waals surface area (Å²) in [6, 6.07) is 0. The molecule has 0 amide bonds. The predicted octanol–water partition coefficient (Wildman–Crippen LogP) is -0.157. The molecule has 0 saturated carbocycles. The summed E-state index contributed by atoms with van der Waals surface area (Å²) in [5.41, 5.74) is -1.54. The van der Waals surface area contributed by atoms with Gasteiger partial charge in [0.25, 0.3) is 0 Å². The molecule has 0 heterocycles. The minimum Gasteiger partial charge on any atom is -0.467 e. The Bertz CT molecular complexity index is 252. The average molecular weight is 247 g/mol. The van der Waals surface area contributed by atoms with E-state index in [2.05, 4.69) is 10.1 Å². The van der Waals surface area contributed by atoms with Gasteiger partial charge in [0.05, 0.1) is 13.7 Å². The molecule has 0 rings (SSSR count). The molecule has 1 unspecified atom stereocenters. The molecule has 0 bridgehead atoms. The van der Waals surface area contributed by atoms with Gasteiger partial charge in [0, 0.05) is 13.0 Å². The highest BCUT2D eigenvalue weighted by molar-refractivity contribution is 5.78. The van der Waals surface area contributed by atoms with Crippen LogP contribution in [0.15, 0.2) is 0 Å². The molecule has 6 heteroatoms. The molecule has 17 heavy (non-hydrogen) atoms. The van der Waals surface area contributed by atoms with Gasteiger partial charge in [-0.15, -0.1) is 0 Å². The summed E-state index contributed by atoms with van der Waals surface area (Å²) >= 11 is 0. The Hall–Kier alpha value is -1.14. The third-order valence-corrected chi connectivity index (χ3v) is 2.13. The second-order valence-corrected chi connectivity index (χ2v) is 3.85. The molecule has 0 aliphatic heterocycles. The maximum atomic E-state index is 11.1. The largest absolute Gasteiger partial charge is 0.467 e. The third-order valence-electron chi connectivity index (χ3n) is 2.13. The molecule has 100 valence electrons. The lowest BCUT2D eigenvalue weighted by Crippen LogP contribution is -2.45. The number of esters is 2. The monoisotopic (exact) mass is 247 g/mol. The number of carbonyl (C=O) groups excluding carboxylic acids is 2. The molecular weight excluding hydrogens is 226 g/mol. The number of aliphatic hydroxyl groups is 1. The first kappa shape index (κ1) is 15.9. The van der Waals surface area contributed by atoms with Crippen LogP contribution in [0.5, 0.6) is 0 Å². The van der Waals surface area contributed by atoms with E-state index in [0.717, 1.165) is 0 Å². The van der Waals surface area contributed by atoms with Crippen molar-refractivity contribution >= 4 is 11.9 Å². The number of carbonyl (C=O) groups is 2. The molecule has 0 aromatic rings. The van der Waals surface area contributed by atoms with E-state index < -0.39 is 11.6 Å². The van der Waals surface area contributed by atoms with Gasteiger partial charge >= 0.3 is 11.9 Å². The Morgan fingerprint density at radius 1 is 1.41 bits per heavy atom. The lowest BCUT2D eigenvalue weighted by Gasteiger charge is -2.20. The lowest BCUT2D eigenvalue weighted by atomic mass is 10.1. The van der Waals surface area contributed by atoms with E-state index >= 15 is 0 Å². The van der Waals surface area contributed by atoms with Crippen LogP contribution in [0.4, 0.5) is 0 Å².